The van der Waals surface area contributed by atoms with E-state index in [4.69, 9.17) is 0 Å². The molecule has 136 valence electrons. The van der Waals surface area contributed by atoms with Crippen molar-refractivity contribution in [2.75, 3.05) is 18.8 Å². The summed E-state index contributed by atoms with van der Waals surface area (Å²) in [6.45, 7) is 3.25. The van der Waals surface area contributed by atoms with Gasteiger partial charge >= 0.3 is 12.2 Å². The fraction of sp³-hybridized carbons (Fsp3) is 0.500. The van der Waals surface area contributed by atoms with Gasteiger partial charge in [-0.3, -0.25) is 14.9 Å². The summed E-state index contributed by atoms with van der Waals surface area (Å²) in [5.74, 6) is -0.106. The van der Waals surface area contributed by atoms with Gasteiger partial charge in [-0.2, -0.15) is 0 Å². The van der Waals surface area contributed by atoms with Crippen LogP contribution in [0.1, 0.15) is 41.9 Å². The van der Waals surface area contributed by atoms with Gasteiger partial charge in [0.1, 0.15) is 0 Å². The number of hydrogen-bond donors (Lipinski definition) is 2. The van der Waals surface area contributed by atoms with Crippen LogP contribution in [0.3, 0.4) is 0 Å². The number of carbonyl (C=O) groups excluding carboxylic acids is 2. The largest absolute Gasteiger partial charge is 0.390 e. The minimum Gasteiger partial charge on any atom is -0.390 e. The third kappa shape index (κ3) is 5.52. The van der Waals surface area contributed by atoms with E-state index >= 15 is 0 Å². The van der Waals surface area contributed by atoms with Crippen LogP contribution in [0, 0.1) is 10.1 Å². The first-order valence-corrected chi connectivity index (χ1v) is 8.80. The second-order valence-corrected chi connectivity index (χ2v) is 7.07. The molecule has 3 aliphatic rings. The highest BCUT2D eigenvalue weighted by molar-refractivity contribution is 8.13. The SMILES string of the molecule is CC(=O)SCC1(O)CCNCC1.O=C1OC([N+](=O)[O-])c2ccc1cc2. The first kappa shape index (κ1) is 19.4. The Bertz CT molecular complexity index is 643. The van der Waals surface area contributed by atoms with Crippen molar-refractivity contribution in [3.8, 4) is 0 Å². The predicted molar refractivity (Wildman–Crippen MR) is 91.8 cm³/mol. The van der Waals surface area contributed by atoms with Gasteiger partial charge in [0.15, 0.2) is 5.12 Å². The summed E-state index contributed by atoms with van der Waals surface area (Å²) in [7, 11) is 0. The van der Waals surface area contributed by atoms with Crippen LogP contribution < -0.4 is 5.32 Å². The van der Waals surface area contributed by atoms with Crippen LogP contribution in [-0.4, -0.2) is 45.6 Å². The molecule has 1 fully saturated rings. The smallest absolute Gasteiger partial charge is 0.383 e. The Balaban J connectivity index is 0.000000181. The molecule has 0 aliphatic carbocycles. The van der Waals surface area contributed by atoms with E-state index in [1.54, 1.807) is 0 Å². The third-order valence-electron chi connectivity index (χ3n) is 3.92. The summed E-state index contributed by atoms with van der Waals surface area (Å²) in [6.07, 6.45) is 0.153. The molecule has 8 nitrogen and oxygen atoms in total. The average molecular weight is 368 g/mol. The molecule has 2 N–H and O–H groups in total. The van der Waals surface area contributed by atoms with E-state index in [-0.39, 0.29) is 5.12 Å². The Hall–Kier alpha value is -1.97. The van der Waals surface area contributed by atoms with Crippen molar-refractivity contribution >= 4 is 22.8 Å². The Morgan fingerprint density at radius 1 is 1.40 bits per heavy atom. The molecule has 1 aromatic rings. The number of fused-ring (bicyclic) bond motifs is 4. The molecule has 1 unspecified atom stereocenters. The number of benzene rings is 1. The van der Waals surface area contributed by atoms with Gasteiger partial charge < -0.3 is 15.2 Å². The number of nitrogens with zero attached hydrogens (tertiary/aromatic N) is 1. The molecule has 1 saturated heterocycles. The fourth-order valence-corrected chi connectivity index (χ4v) is 3.22. The van der Waals surface area contributed by atoms with E-state index in [1.165, 1.54) is 43.0 Å². The summed E-state index contributed by atoms with van der Waals surface area (Å²) in [5.41, 5.74) is 0.120. The van der Waals surface area contributed by atoms with E-state index in [2.05, 4.69) is 10.1 Å². The number of piperidine rings is 1. The topological polar surface area (TPSA) is 119 Å². The van der Waals surface area contributed by atoms with Crippen LogP contribution in [0.4, 0.5) is 0 Å². The maximum absolute atomic E-state index is 11.1. The molecule has 4 rings (SSSR count). The van der Waals surface area contributed by atoms with E-state index in [0.29, 0.717) is 16.9 Å². The number of ether oxygens (including phenoxy) is 1. The second-order valence-electron chi connectivity index (χ2n) is 5.92. The highest BCUT2D eigenvalue weighted by Crippen LogP contribution is 2.24. The lowest BCUT2D eigenvalue weighted by molar-refractivity contribution is -0.574. The number of nitrogens with one attached hydrogen (secondary N) is 1. The van der Waals surface area contributed by atoms with Crippen molar-refractivity contribution in [2.24, 2.45) is 0 Å². The summed E-state index contributed by atoms with van der Waals surface area (Å²) in [5, 5.41) is 23.6. The van der Waals surface area contributed by atoms with Crippen LogP contribution in [0.25, 0.3) is 0 Å². The normalized spacial score (nSPS) is 20.7. The Morgan fingerprint density at radius 3 is 2.52 bits per heavy atom. The molecule has 1 atom stereocenters. The number of nitro groups is 1. The van der Waals surface area contributed by atoms with Crippen LogP contribution in [0.5, 0.6) is 0 Å². The maximum atomic E-state index is 11.1. The number of esters is 1. The quantitative estimate of drug-likeness (QED) is 0.468. The lowest BCUT2D eigenvalue weighted by Crippen LogP contribution is -2.43. The summed E-state index contributed by atoms with van der Waals surface area (Å²) in [4.78, 5) is 31.6. The minimum absolute atomic E-state index is 0.0851. The number of aliphatic hydroxyl groups is 1. The number of thioether (sulfide) groups is 1. The first-order chi connectivity index (χ1) is 11.8. The molecule has 0 radical (unpaired) electrons. The zero-order valence-corrected chi connectivity index (χ0v) is 14.6. The molecule has 0 spiro atoms. The van der Waals surface area contributed by atoms with Gasteiger partial charge in [0.25, 0.3) is 0 Å². The number of rotatable bonds is 3. The molecular weight excluding hydrogens is 348 g/mol. The molecule has 25 heavy (non-hydrogen) atoms. The van der Waals surface area contributed by atoms with Crippen molar-refractivity contribution in [2.45, 2.75) is 31.6 Å². The molecular formula is C16H20N2O6S. The molecule has 0 saturated carbocycles. The zero-order chi connectivity index (χ0) is 18.4. The molecule has 3 heterocycles. The molecule has 9 heteroatoms. The van der Waals surface area contributed by atoms with Gasteiger partial charge in [-0.25, -0.2) is 4.79 Å². The van der Waals surface area contributed by atoms with Crippen molar-refractivity contribution in [3.63, 3.8) is 0 Å². The standard InChI is InChI=1S/C8H5NO4.C8H15NO2S/c10-8-6-3-1-5(2-4-6)7(13-8)9(11)12;1-7(10)12-6-8(11)2-4-9-5-3-8/h1-4,7H;9,11H,2-6H2,1H3. The molecule has 2 bridgehead atoms. The van der Waals surface area contributed by atoms with Gasteiger partial charge in [-0.1, -0.05) is 11.8 Å². The third-order valence-corrected chi connectivity index (χ3v) is 5.01. The zero-order valence-electron chi connectivity index (χ0n) is 13.8. The summed E-state index contributed by atoms with van der Waals surface area (Å²) >= 11 is 1.22. The summed E-state index contributed by atoms with van der Waals surface area (Å²) in [6, 6.07) is 6.07. The lowest BCUT2D eigenvalue weighted by Gasteiger charge is -2.31. The summed E-state index contributed by atoms with van der Waals surface area (Å²) < 4.78 is 4.62. The van der Waals surface area contributed by atoms with E-state index in [1.807, 2.05) is 0 Å². The van der Waals surface area contributed by atoms with E-state index < -0.39 is 22.7 Å². The fourth-order valence-electron chi connectivity index (χ4n) is 2.46. The van der Waals surface area contributed by atoms with Gasteiger partial charge in [-0.05, 0) is 50.2 Å². The average Bonchev–Trinajstić information content (AvgIpc) is 2.84. The molecule has 0 amide bonds. The van der Waals surface area contributed by atoms with Gasteiger partial charge in [0.05, 0.1) is 21.7 Å². The minimum atomic E-state index is -1.36. The predicted octanol–water partition coefficient (Wildman–Crippen LogP) is 1.51. The highest BCUT2D eigenvalue weighted by atomic mass is 32.2. The molecule has 1 aromatic carbocycles. The van der Waals surface area contributed by atoms with E-state index in [9.17, 15) is 24.8 Å². The first-order valence-electron chi connectivity index (χ1n) is 7.82. The maximum Gasteiger partial charge on any atom is 0.383 e. The van der Waals surface area contributed by atoms with Crippen LogP contribution >= 0.6 is 11.8 Å². The van der Waals surface area contributed by atoms with E-state index in [0.717, 1.165) is 25.9 Å². The second kappa shape index (κ2) is 8.41. The Kier molecular flexibility index (Phi) is 6.51. The van der Waals surface area contributed by atoms with Crippen LogP contribution in [0.15, 0.2) is 24.3 Å². The lowest BCUT2D eigenvalue weighted by atomic mass is 9.95. The monoisotopic (exact) mass is 368 g/mol. The number of hydrogen-bond acceptors (Lipinski definition) is 8. The van der Waals surface area contributed by atoms with Crippen molar-refractivity contribution in [1.29, 1.82) is 0 Å². The van der Waals surface area contributed by atoms with Gasteiger partial charge in [0.2, 0.25) is 0 Å². The van der Waals surface area contributed by atoms with Crippen LogP contribution in [0.2, 0.25) is 0 Å². The van der Waals surface area contributed by atoms with Gasteiger partial charge in [-0.15, -0.1) is 0 Å². The molecule has 0 aromatic heterocycles. The van der Waals surface area contributed by atoms with Crippen LogP contribution in [-0.2, 0) is 9.53 Å². The number of carbonyl (C=O) groups is 2. The Labute approximate surface area is 149 Å². The van der Waals surface area contributed by atoms with Gasteiger partial charge in [0, 0.05) is 12.7 Å². The highest BCUT2D eigenvalue weighted by Gasteiger charge is 2.31. The molecule has 3 aliphatic heterocycles. The van der Waals surface area contributed by atoms with Crippen molar-refractivity contribution in [3.05, 3.63) is 45.5 Å². The Morgan fingerprint density at radius 2 is 2.00 bits per heavy atom. The van der Waals surface area contributed by atoms with Crippen molar-refractivity contribution in [1.82, 2.24) is 5.32 Å². The van der Waals surface area contributed by atoms with Crippen molar-refractivity contribution < 1.29 is 24.4 Å².